The number of piperidine rings is 1. The number of aryl methyl sites for hydroxylation is 1. The zero-order valence-corrected chi connectivity index (χ0v) is 22.8. The van der Waals surface area contributed by atoms with Crippen LogP contribution in [-0.2, 0) is 22.6 Å². The largest absolute Gasteiger partial charge is 0.493 e. The molecule has 0 bridgehead atoms. The summed E-state index contributed by atoms with van der Waals surface area (Å²) in [7, 11) is 1.58. The Labute approximate surface area is 234 Å². The summed E-state index contributed by atoms with van der Waals surface area (Å²) < 4.78 is 22.4. The fraction of sp³-hybridized carbons (Fsp3) is 0.387. The number of nitrogens with zero attached hydrogens (tertiary/aromatic N) is 3. The molecule has 9 heteroatoms. The molecule has 1 aromatic heterocycles. The van der Waals surface area contributed by atoms with Gasteiger partial charge in [0.1, 0.15) is 18.6 Å². The van der Waals surface area contributed by atoms with Crippen LogP contribution in [0.3, 0.4) is 0 Å². The molecule has 0 aliphatic carbocycles. The lowest BCUT2D eigenvalue weighted by Crippen LogP contribution is -2.40. The van der Waals surface area contributed by atoms with Crippen molar-refractivity contribution in [2.24, 2.45) is 0 Å². The van der Waals surface area contributed by atoms with Crippen molar-refractivity contribution in [2.75, 3.05) is 33.3 Å². The molecular formula is C31H35N3O6. The normalized spacial score (nSPS) is 17.9. The second-order valence-electron chi connectivity index (χ2n) is 10.00. The van der Waals surface area contributed by atoms with E-state index < -0.39 is 12.2 Å². The number of rotatable bonds is 12. The molecule has 2 aromatic carbocycles. The molecule has 0 spiro atoms. The van der Waals surface area contributed by atoms with Crippen molar-refractivity contribution in [3.05, 3.63) is 77.5 Å². The van der Waals surface area contributed by atoms with E-state index in [0.717, 1.165) is 24.2 Å². The van der Waals surface area contributed by atoms with Crippen LogP contribution in [0, 0.1) is 0 Å². The van der Waals surface area contributed by atoms with E-state index in [1.165, 1.54) is 24.2 Å². The van der Waals surface area contributed by atoms with Crippen LogP contribution in [-0.4, -0.2) is 66.2 Å². The highest BCUT2D eigenvalue weighted by atomic mass is 16.6. The molecule has 0 saturated carbocycles. The number of likely N-dealkylation sites (tertiary alicyclic amines) is 1. The van der Waals surface area contributed by atoms with Crippen LogP contribution in [0.4, 0.5) is 4.79 Å². The number of benzene rings is 2. The van der Waals surface area contributed by atoms with Gasteiger partial charge in [-0.15, -0.1) is 0 Å². The van der Waals surface area contributed by atoms with Gasteiger partial charge in [0.2, 0.25) is 5.89 Å². The molecule has 1 atom stereocenters. The lowest BCUT2D eigenvalue weighted by Gasteiger charge is -2.27. The first-order valence-electron chi connectivity index (χ1n) is 13.8. The molecule has 2 fully saturated rings. The van der Waals surface area contributed by atoms with E-state index in [1.54, 1.807) is 13.4 Å². The molecule has 40 heavy (non-hydrogen) atoms. The van der Waals surface area contributed by atoms with Gasteiger partial charge < -0.3 is 23.5 Å². The number of aromatic nitrogens is 1. The minimum Gasteiger partial charge on any atom is -0.493 e. The summed E-state index contributed by atoms with van der Waals surface area (Å²) >= 11 is 0. The number of amides is 2. The third-order valence-corrected chi connectivity index (χ3v) is 7.18. The Morgan fingerprint density at radius 2 is 1.82 bits per heavy atom. The Bertz CT molecular complexity index is 1320. The summed E-state index contributed by atoms with van der Waals surface area (Å²) in [5.74, 6) is 1.38. The lowest BCUT2D eigenvalue weighted by molar-refractivity contribution is -0.130. The number of hydrogen-bond acceptors (Lipinski definition) is 8. The fourth-order valence-electron chi connectivity index (χ4n) is 4.94. The molecule has 0 N–H and O–H groups in total. The number of carbonyl (C=O) groups excluding carboxylic acids is 2. The zero-order chi connectivity index (χ0) is 27.7. The van der Waals surface area contributed by atoms with Crippen molar-refractivity contribution in [3.63, 3.8) is 0 Å². The highest BCUT2D eigenvalue weighted by Gasteiger charge is 2.40. The van der Waals surface area contributed by atoms with Crippen LogP contribution < -0.4 is 9.47 Å². The van der Waals surface area contributed by atoms with E-state index >= 15 is 0 Å². The fourth-order valence-corrected chi connectivity index (χ4v) is 4.94. The minimum atomic E-state index is -0.766. The third-order valence-electron chi connectivity index (χ3n) is 7.18. The number of imide groups is 1. The summed E-state index contributed by atoms with van der Waals surface area (Å²) in [6.45, 7) is 3.31. The van der Waals surface area contributed by atoms with Gasteiger partial charge in [-0.2, -0.15) is 0 Å². The molecule has 210 valence electrons. The van der Waals surface area contributed by atoms with E-state index in [9.17, 15) is 9.59 Å². The average Bonchev–Trinajstić information content (AvgIpc) is 3.56. The summed E-state index contributed by atoms with van der Waals surface area (Å²) in [4.78, 5) is 33.2. The first kappa shape index (κ1) is 27.5. The second kappa shape index (κ2) is 13.3. The van der Waals surface area contributed by atoms with Crippen LogP contribution in [0.1, 0.15) is 48.4 Å². The first-order valence-corrected chi connectivity index (χ1v) is 13.8. The number of ether oxygens (including phenoxy) is 3. The molecule has 2 amide bonds. The second-order valence-corrected chi connectivity index (χ2v) is 10.00. The summed E-state index contributed by atoms with van der Waals surface area (Å²) in [6.07, 6.45) is 8.52. The predicted molar refractivity (Wildman–Crippen MR) is 150 cm³/mol. The smallest absolute Gasteiger partial charge is 0.417 e. The molecule has 9 nitrogen and oxygen atoms in total. The zero-order valence-electron chi connectivity index (χ0n) is 22.8. The van der Waals surface area contributed by atoms with E-state index in [0.29, 0.717) is 49.0 Å². The van der Waals surface area contributed by atoms with Gasteiger partial charge in [0, 0.05) is 19.2 Å². The number of cyclic esters (lactones) is 1. The van der Waals surface area contributed by atoms with Crippen molar-refractivity contribution >= 4 is 24.2 Å². The molecule has 2 aliphatic heterocycles. The Morgan fingerprint density at radius 3 is 2.62 bits per heavy atom. The van der Waals surface area contributed by atoms with E-state index in [4.69, 9.17) is 18.6 Å². The van der Waals surface area contributed by atoms with Gasteiger partial charge in [-0.3, -0.25) is 4.79 Å². The number of hydrogen-bond donors (Lipinski definition) is 0. The van der Waals surface area contributed by atoms with Crippen molar-refractivity contribution in [1.29, 1.82) is 0 Å². The standard InChI is InChI=1S/C31H35N3O6/c1-37-26-13-10-24(11-14-27-30(35)34(31(36)40-27)19-18-33-16-6-3-7-17-33)20-28(26)38-21-25-22-39-29(32-25)15-12-23-8-4-2-5-9-23/h2,4-5,8-10,12-13,15,20,22,27H,3,6-7,11,14,16-19,21H2,1H3/b15-12+. The molecule has 3 aromatic rings. The Hall–Kier alpha value is -4.11. The number of methoxy groups -OCH3 is 1. The van der Waals surface area contributed by atoms with E-state index in [2.05, 4.69) is 9.88 Å². The molecule has 2 aliphatic rings. The molecule has 5 rings (SSSR count). The summed E-state index contributed by atoms with van der Waals surface area (Å²) in [5.41, 5.74) is 2.64. The van der Waals surface area contributed by atoms with Gasteiger partial charge in [0.05, 0.1) is 7.11 Å². The quantitative estimate of drug-likeness (QED) is 0.307. The molecule has 2 saturated heterocycles. The minimum absolute atomic E-state index is 0.202. The average molecular weight is 546 g/mol. The summed E-state index contributed by atoms with van der Waals surface area (Å²) in [5, 5.41) is 0. The lowest BCUT2D eigenvalue weighted by atomic mass is 10.1. The van der Waals surface area contributed by atoms with E-state index in [-0.39, 0.29) is 12.5 Å². The molecule has 1 unspecified atom stereocenters. The number of carbonyl (C=O) groups is 2. The van der Waals surface area contributed by atoms with Crippen molar-refractivity contribution in [2.45, 2.75) is 44.8 Å². The first-order chi connectivity index (χ1) is 19.6. The van der Waals surface area contributed by atoms with Crippen LogP contribution in [0.5, 0.6) is 11.5 Å². The SMILES string of the molecule is COc1ccc(CCC2OC(=O)N(CCN3CCCCC3)C2=O)cc1OCc1coc(/C=C/c2ccccc2)n1. The van der Waals surface area contributed by atoms with Crippen molar-refractivity contribution in [1.82, 2.24) is 14.8 Å². The van der Waals surface area contributed by atoms with Gasteiger partial charge in [-0.25, -0.2) is 14.7 Å². The summed E-state index contributed by atoms with van der Waals surface area (Å²) in [6, 6.07) is 15.5. The van der Waals surface area contributed by atoms with Crippen LogP contribution in [0.15, 0.2) is 59.2 Å². The van der Waals surface area contributed by atoms with Crippen LogP contribution in [0.2, 0.25) is 0 Å². The van der Waals surface area contributed by atoms with Gasteiger partial charge in [-0.05, 0) is 68.1 Å². The Kier molecular flexibility index (Phi) is 9.13. The van der Waals surface area contributed by atoms with E-state index in [1.807, 2.05) is 60.7 Å². The monoisotopic (exact) mass is 545 g/mol. The third kappa shape index (κ3) is 7.09. The van der Waals surface area contributed by atoms with Crippen molar-refractivity contribution < 1.29 is 28.2 Å². The maximum atomic E-state index is 12.9. The van der Waals surface area contributed by atoms with Gasteiger partial charge in [-0.1, -0.05) is 42.8 Å². The van der Waals surface area contributed by atoms with Crippen LogP contribution in [0.25, 0.3) is 12.2 Å². The Morgan fingerprint density at radius 1 is 1.00 bits per heavy atom. The Balaban J connectivity index is 1.14. The maximum Gasteiger partial charge on any atom is 0.417 e. The maximum absolute atomic E-state index is 12.9. The highest BCUT2D eigenvalue weighted by molar-refractivity contribution is 6.00. The molecule has 0 radical (unpaired) electrons. The van der Waals surface area contributed by atoms with Crippen molar-refractivity contribution in [3.8, 4) is 11.5 Å². The molecular weight excluding hydrogens is 510 g/mol. The van der Waals surface area contributed by atoms with Gasteiger partial charge in [0.25, 0.3) is 5.91 Å². The number of oxazole rings is 1. The molecule has 3 heterocycles. The van der Waals surface area contributed by atoms with Crippen LogP contribution >= 0.6 is 0 Å². The topological polar surface area (TPSA) is 94.3 Å². The predicted octanol–water partition coefficient (Wildman–Crippen LogP) is 5.20. The van der Waals surface area contributed by atoms with Gasteiger partial charge >= 0.3 is 6.09 Å². The highest BCUT2D eigenvalue weighted by Crippen LogP contribution is 2.30. The van der Waals surface area contributed by atoms with Gasteiger partial charge in [0.15, 0.2) is 17.6 Å².